The highest BCUT2D eigenvalue weighted by molar-refractivity contribution is 5.83. The summed E-state index contributed by atoms with van der Waals surface area (Å²) in [6.45, 7) is 2.42. The fourth-order valence-electron chi connectivity index (χ4n) is 2.66. The number of methoxy groups -OCH3 is 2. The van der Waals surface area contributed by atoms with Crippen LogP contribution in [0.3, 0.4) is 0 Å². The van der Waals surface area contributed by atoms with Crippen LogP contribution in [0.2, 0.25) is 0 Å². The molecule has 1 amide bonds. The molecule has 0 aromatic heterocycles. The van der Waals surface area contributed by atoms with Crippen molar-refractivity contribution in [1.29, 1.82) is 0 Å². The van der Waals surface area contributed by atoms with Crippen molar-refractivity contribution < 1.29 is 14.3 Å². The Morgan fingerprint density at radius 2 is 1.78 bits per heavy atom. The molecule has 0 fully saturated rings. The Morgan fingerprint density at radius 1 is 1.04 bits per heavy atom. The van der Waals surface area contributed by atoms with E-state index in [-0.39, 0.29) is 11.8 Å². The van der Waals surface area contributed by atoms with Crippen molar-refractivity contribution in [2.24, 2.45) is 0 Å². The van der Waals surface area contributed by atoms with Crippen LogP contribution in [0.5, 0.6) is 11.5 Å². The second-order valence-electron chi connectivity index (χ2n) is 5.24. The Bertz CT molecular complexity index is 640. The largest absolute Gasteiger partial charge is 0.493 e. The molecular weight excluding hydrogens is 290 g/mol. The molecule has 122 valence electrons. The molecular formula is C19H23NO3. The van der Waals surface area contributed by atoms with Crippen LogP contribution in [0, 0.1) is 0 Å². The maximum atomic E-state index is 12.5. The van der Waals surface area contributed by atoms with Crippen molar-refractivity contribution >= 4 is 5.91 Å². The number of ether oxygens (including phenoxy) is 2. The molecule has 0 aliphatic heterocycles. The van der Waals surface area contributed by atoms with Gasteiger partial charge >= 0.3 is 0 Å². The molecule has 0 aliphatic rings. The molecule has 2 rings (SSSR count). The van der Waals surface area contributed by atoms with Gasteiger partial charge in [0.15, 0.2) is 11.5 Å². The summed E-state index contributed by atoms with van der Waals surface area (Å²) in [4.78, 5) is 12.5. The monoisotopic (exact) mass is 313 g/mol. The number of nitrogens with one attached hydrogen (secondary N) is 1. The van der Waals surface area contributed by atoms with E-state index in [2.05, 4.69) is 5.32 Å². The summed E-state index contributed by atoms with van der Waals surface area (Å²) in [6, 6.07) is 15.5. The zero-order chi connectivity index (χ0) is 16.7. The van der Waals surface area contributed by atoms with Crippen LogP contribution >= 0.6 is 0 Å². The van der Waals surface area contributed by atoms with Gasteiger partial charge in [-0.05, 0) is 18.1 Å². The average Bonchev–Trinajstić information content (AvgIpc) is 2.61. The van der Waals surface area contributed by atoms with E-state index in [1.54, 1.807) is 14.2 Å². The molecule has 2 aromatic rings. The van der Waals surface area contributed by atoms with Crippen LogP contribution in [0.4, 0.5) is 0 Å². The molecule has 0 spiro atoms. The van der Waals surface area contributed by atoms with Crippen molar-refractivity contribution in [2.75, 3.05) is 14.2 Å². The van der Waals surface area contributed by atoms with Gasteiger partial charge in [0.05, 0.1) is 20.1 Å². The van der Waals surface area contributed by atoms with Crippen LogP contribution in [0.15, 0.2) is 48.5 Å². The lowest BCUT2D eigenvalue weighted by Crippen LogP contribution is -2.28. The highest BCUT2D eigenvalue weighted by Gasteiger charge is 2.19. The summed E-state index contributed by atoms with van der Waals surface area (Å²) in [6.07, 6.45) is 0.755. The Kier molecular flexibility index (Phi) is 6.03. The maximum Gasteiger partial charge on any atom is 0.227 e. The van der Waals surface area contributed by atoms with Gasteiger partial charge in [-0.1, -0.05) is 49.4 Å². The molecule has 0 radical (unpaired) electrons. The van der Waals surface area contributed by atoms with E-state index in [0.717, 1.165) is 17.5 Å². The van der Waals surface area contributed by atoms with E-state index < -0.39 is 0 Å². The second kappa shape index (κ2) is 8.22. The SMILES string of the molecule is CCC(C(=O)NCc1cccc(OC)c1OC)c1ccccc1. The summed E-state index contributed by atoms with van der Waals surface area (Å²) in [5, 5.41) is 3.00. The topological polar surface area (TPSA) is 47.6 Å². The quantitative estimate of drug-likeness (QED) is 0.851. The van der Waals surface area contributed by atoms with Gasteiger partial charge < -0.3 is 14.8 Å². The van der Waals surface area contributed by atoms with Crippen LogP contribution in [-0.4, -0.2) is 20.1 Å². The van der Waals surface area contributed by atoms with Gasteiger partial charge in [-0.25, -0.2) is 0 Å². The van der Waals surface area contributed by atoms with Crippen molar-refractivity contribution in [1.82, 2.24) is 5.32 Å². The first-order chi connectivity index (χ1) is 11.2. The molecule has 2 aromatic carbocycles. The van der Waals surface area contributed by atoms with Gasteiger partial charge in [-0.3, -0.25) is 4.79 Å². The Hall–Kier alpha value is -2.49. The highest BCUT2D eigenvalue weighted by atomic mass is 16.5. The number of carbonyl (C=O) groups is 1. The molecule has 1 N–H and O–H groups in total. The molecule has 23 heavy (non-hydrogen) atoms. The first-order valence-corrected chi connectivity index (χ1v) is 7.73. The molecule has 1 atom stereocenters. The van der Waals surface area contributed by atoms with E-state index in [1.807, 2.05) is 55.5 Å². The number of rotatable bonds is 7. The molecule has 0 saturated carbocycles. The highest BCUT2D eigenvalue weighted by Crippen LogP contribution is 2.30. The van der Waals surface area contributed by atoms with Gasteiger partial charge in [0.2, 0.25) is 5.91 Å². The lowest BCUT2D eigenvalue weighted by Gasteiger charge is -2.17. The molecule has 0 saturated heterocycles. The van der Waals surface area contributed by atoms with Gasteiger partial charge in [-0.15, -0.1) is 0 Å². The van der Waals surface area contributed by atoms with Crippen LogP contribution in [0.25, 0.3) is 0 Å². The average molecular weight is 313 g/mol. The minimum atomic E-state index is -0.146. The first-order valence-electron chi connectivity index (χ1n) is 7.73. The molecule has 0 bridgehead atoms. The van der Waals surface area contributed by atoms with Gasteiger partial charge in [0.1, 0.15) is 0 Å². The van der Waals surface area contributed by atoms with Crippen LogP contribution < -0.4 is 14.8 Å². The number of hydrogen-bond acceptors (Lipinski definition) is 3. The van der Waals surface area contributed by atoms with Crippen molar-refractivity contribution in [2.45, 2.75) is 25.8 Å². The lowest BCUT2D eigenvalue weighted by atomic mass is 9.95. The summed E-state index contributed by atoms with van der Waals surface area (Å²) in [7, 11) is 3.20. The van der Waals surface area contributed by atoms with E-state index in [0.29, 0.717) is 18.0 Å². The van der Waals surface area contributed by atoms with E-state index >= 15 is 0 Å². The normalized spacial score (nSPS) is 11.6. The third kappa shape index (κ3) is 4.03. The van der Waals surface area contributed by atoms with Gasteiger partial charge in [0, 0.05) is 12.1 Å². The molecule has 4 heteroatoms. The van der Waals surface area contributed by atoms with Crippen molar-refractivity contribution in [3.8, 4) is 11.5 Å². The molecule has 4 nitrogen and oxygen atoms in total. The Labute approximate surface area is 137 Å². The van der Waals surface area contributed by atoms with Crippen LogP contribution in [0.1, 0.15) is 30.4 Å². The zero-order valence-electron chi connectivity index (χ0n) is 13.8. The van der Waals surface area contributed by atoms with Crippen molar-refractivity contribution in [3.05, 3.63) is 59.7 Å². The smallest absolute Gasteiger partial charge is 0.227 e. The predicted octanol–water partition coefficient (Wildman–Crippen LogP) is 3.51. The molecule has 0 heterocycles. The Morgan fingerprint density at radius 3 is 2.39 bits per heavy atom. The number of hydrogen-bond donors (Lipinski definition) is 1. The van der Waals surface area contributed by atoms with Crippen LogP contribution in [-0.2, 0) is 11.3 Å². The summed E-state index contributed by atoms with van der Waals surface area (Å²) in [5.41, 5.74) is 1.92. The number of para-hydroxylation sites is 1. The van der Waals surface area contributed by atoms with E-state index in [1.165, 1.54) is 0 Å². The lowest BCUT2D eigenvalue weighted by molar-refractivity contribution is -0.122. The summed E-state index contributed by atoms with van der Waals surface area (Å²) < 4.78 is 10.7. The van der Waals surface area contributed by atoms with Gasteiger partial charge in [0.25, 0.3) is 0 Å². The predicted molar refractivity (Wildman–Crippen MR) is 90.9 cm³/mol. The second-order valence-corrected chi connectivity index (χ2v) is 5.24. The molecule has 1 unspecified atom stereocenters. The minimum Gasteiger partial charge on any atom is -0.493 e. The van der Waals surface area contributed by atoms with E-state index in [4.69, 9.17) is 9.47 Å². The first kappa shape index (κ1) is 16.9. The third-order valence-electron chi connectivity index (χ3n) is 3.86. The maximum absolute atomic E-state index is 12.5. The fraction of sp³-hybridized carbons (Fsp3) is 0.316. The number of carbonyl (C=O) groups excluding carboxylic acids is 1. The van der Waals surface area contributed by atoms with Crippen molar-refractivity contribution in [3.63, 3.8) is 0 Å². The minimum absolute atomic E-state index is 0.0172. The zero-order valence-corrected chi connectivity index (χ0v) is 13.8. The fourth-order valence-corrected chi connectivity index (χ4v) is 2.66. The number of amides is 1. The van der Waals surface area contributed by atoms with Gasteiger partial charge in [-0.2, -0.15) is 0 Å². The third-order valence-corrected chi connectivity index (χ3v) is 3.86. The summed E-state index contributed by atoms with van der Waals surface area (Å²) in [5.74, 6) is 1.19. The number of benzene rings is 2. The molecule has 0 aliphatic carbocycles. The Balaban J connectivity index is 2.10. The standard InChI is InChI=1S/C19H23NO3/c1-4-16(14-9-6-5-7-10-14)19(21)20-13-15-11-8-12-17(22-2)18(15)23-3/h5-12,16H,4,13H2,1-3H3,(H,20,21). The van der Waals surface area contributed by atoms with E-state index in [9.17, 15) is 4.79 Å². The summed E-state index contributed by atoms with van der Waals surface area (Å²) >= 11 is 0.